The van der Waals surface area contributed by atoms with E-state index in [1.165, 1.54) is 11.9 Å². The number of esters is 1. The van der Waals surface area contributed by atoms with E-state index in [0.29, 0.717) is 11.3 Å². The second kappa shape index (κ2) is 9.94. The Morgan fingerprint density at radius 1 is 1.07 bits per heavy atom. The first kappa shape index (κ1) is 21.5. The molecule has 2 amide bonds. The number of carbonyl (C=O) groups excluding carboxylic acids is 3. The second-order valence-electron chi connectivity index (χ2n) is 6.42. The molecule has 1 N–H and O–H groups in total. The fourth-order valence-electron chi connectivity index (χ4n) is 2.41. The van der Waals surface area contributed by atoms with E-state index in [-0.39, 0.29) is 12.5 Å². The first-order valence-corrected chi connectivity index (χ1v) is 9.95. The number of ether oxygens (including phenoxy) is 1. The molecule has 0 radical (unpaired) electrons. The largest absolute Gasteiger partial charge is 0.452 e. The third-order valence-corrected chi connectivity index (χ3v) is 4.87. The zero-order valence-electron chi connectivity index (χ0n) is 16.4. The summed E-state index contributed by atoms with van der Waals surface area (Å²) in [6, 6.07) is 12.7. The zero-order valence-corrected chi connectivity index (χ0v) is 17.3. The minimum Gasteiger partial charge on any atom is -0.452 e. The number of hydrogen-bond donors (Lipinski definition) is 1. The van der Waals surface area contributed by atoms with E-state index in [9.17, 15) is 14.4 Å². The Morgan fingerprint density at radius 3 is 2.39 bits per heavy atom. The lowest BCUT2D eigenvalue weighted by Gasteiger charge is -2.17. The molecule has 7 heteroatoms. The van der Waals surface area contributed by atoms with E-state index < -0.39 is 18.5 Å². The molecule has 0 saturated carbocycles. The smallest absolute Gasteiger partial charge is 0.338 e. The van der Waals surface area contributed by atoms with Gasteiger partial charge < -0.3 is 15.0 Å². The standard InChI is InChI=1S/C21H24N2O4S/c1-14-5-6-15(2)18(11-14)22-19(24)12-23(3)20(25)13-27-21(26)16-7-9-17(28-4)10-8-16/h5-11H,12-13H2,1-4H3,(H,22,24). The Balaban J connectivity index is 1.83. The lowest BCUT2D eigenvalue weighted by Crippen LogP contribution is -2.37. The first-order chi connectivity index (χ1) is 13.3. The number of nitrogens with one attached hydrogen (secondary N) is 1. The Bertz CT molecular complexity index is 865. The highest BCUT2D eigenvalue weighted by Gasteiger charge is 2.16. The first-order valence-electron chi connectivity index (χ1n) is 8.72. The average molecular weight is 401 g/mol. The van der Waals surface area contributed by atoms with Crippen LogP contribution in [0.4, 0.5) is 5.69 Å². The van der Waals surface area contributed by atoms with Crippen LogP contribution < -0.4 is 5.32 Å². The van der Waals surface area contributed by atoms with E-state index in [2.05, 4.69) is 5.32 Å². The van der Waals surface area contributed by atoms with Crippen molar-refractivity contribution in [3.8, 4) is 0 Å². The van der Waals surface area contributed by atoms with Crippen molar-refractivity contribution in [1.82, 2.24) is 4.90 Å². The molecule has 0 aliphatic heterocycles. The second-order valence-corrected chi connectivity index (χ2v) is 7.30. The molecule has 0 aliphatic rings. The van der Waals surface area contributed by atoms with Crippen LogP contribution in [0.25, 0.3) is 0 Å². The molecule has 28 heavy (non-hydrogen) atoms. The molecule has 6 nitrogen and oxygen atoms in total. The van der Waals surface area contributed by atoms with Crippen molar-refractivity contribution in [2.45, 2.75) is 18.7 Å². The quantitative estimate of drug-likeness (QED) is 0.570. The molecule has 0 heterocycles. The summed E-state index contributed by atoms with van der Waals surface area (Å²) in [5.41, 5.74) is 3.06. The van der Waals surface area contributed by atoms with E-state index in [4.69, 9.17) is 4.74 Å². The summed E-state index contributed by atoms with van der Waals surface area (Å²) in [6.45, 7) is 3.28. The van der Waals surface area contributed by atoms with Gasteiger partial charge >= 0.3 is 5.97 Å². The molecular weight excluding hydrogens is 376 g/mol. The summed E-state index contributed by atoms with van der Waals surface area (Å²) >= 11 is 1.57. The molecule has 0 unspecified atom stereocenters. The molecule has 0 spiro atoms. The predicted molar refractivity (Wildman–Crippen MR) is 111 cm³/mol. The van der Waals surface area contributed by atoms with Gasteiger partial charge in [0.2, 0.25) is 5.91 Å². The van der Waals surface area contributed by atoms with Crippen molar-refractivity contribution >= 4 is 35.2 Å². The van der Waals surface area contributed by atoms with Crippen molar-refractivity contribution in [3.05, 3.63) is 59.2 Å². The van der Waals surface area contributed by atoms with Crippen molar-refractivity contribution in [3.63, 3.8) is 0 Å². The van der Waals surface area contributed by atoms with Gasteiger partial charge in [0.1, 0.15) is 0 Å². The topological polar surface area (TPSA) is 75.7 Å². The van der Waals surface area contributed by atoms with Crippen LogP contribution in [0.1, 0.15) is 21.5 Å². The summed E-state index contributed by atoms with van der Waals surface area (Å²) in [6.07, 6.45) is 1.94. The van der Waals surface area contributed by atoms with Crippen LogP contribution in [0.3, 0.4) is 0 Å². The number of likely N-dealkylation sites (N-methyl/N-ethyl adjacent to an activating group) is 1. The van der Waals surface area contributed by atoms with Gasteiger partial charge in [-0.25, -0.2) is 4.79 Å². The number of rotatable bonds is 7. The van der Waals surface area contributed by atoms with E-state index in [1.807, 2.05) is 50.4 Å². The van der Waals surface area contributed by atoms with Crippen LogP contribution in [-0.4, -0.2) is 49.1 Å². The van der Waals surface area contributed by atoms with Gasteiger partial charge in [-0.3, -0.25) is 9.59 Å². The predicted octanol–water partition coefficient (Wildman–Crippen LogP) is 3.28. The highest BCUT2D eigenvalue weighted by molar-refractivity contribution is 7.98. The van der Waals surface area contributed by atoms with Crippen molar-refractivity contribution in [2.75, 3.05) is 31.8 Å². The van der Waals surface area contributed by atoms with E-state index in [1.54, 1.807) is 23.9 Å². The SMILES string of the molecule is CSc1ccc(C(=O)OCC(=O)N(C)CC(=O)Nc2cc(C)ccc2C)cc1. The van der Waals surface area contributed by atoms with Gasteiger partial charge in [-0.05, 0) is 61.6 Å². The highest BCUT2D eigenvalue weighted by atomic mass is 32.2. The maximum Gasteiger partial charge on any atom is 0.338 e. The molecule has 0 atom stereocenters. The normalized spacial score (nSPS) is 10.3. The minimum atomic E-state index is -0.575. The Labute approximate surface area is 169 Å². The van der Waals surface area contributed by atoms with E-state index >= 15 is 0 Å². The summed E-state index contributed by atoms with van der Waals surface area (Å²) in [5, 5.41) is 2.80. The van der Waals surface area contributed by atoms with Crippen molar-refractivity contribution in [1.29, 1.82) is 0 Å². The fourth-order valence-corrected chi connectivity index (χ4v) is 2.82. The maximum absolute atomic E-state index is 12.2. The Hall–Kier alpha value is -2.80. The van der Waals surface area contributed by atoms with Gasteiger partial charge in [0, 0.05) is 17.6 Å². The van der Waals surface area contributed by atoms with Crippen molar-refractivity contribution < 1.29 is 19.1 Å². The summed E-state index contributed by atoms with van der Waals surface area (Å²) in [7, 11) is 1.49. The molecule has 2 rings (SSSR count). The lowest BCUT2D eigenvalue weighted by molar-refractivity contribution is -0.136. The summed E-state index contributed by atoms with van der Waals surface area (Å²) in [4.78, 5) is 38.6. The molecule has 0 bridgehead atoms. The molecule has 0 aromatic heterocycles. The lowest BCUT2D eigenvalue weighted by atomic mass is 10.1. The van der Waals surface area contributed by atoms with Crippen LogP contribution in [0.15, 0.2) is 47.4 Å². The summed E-state index contributed by atoms with van der Waals surface area (Å²) in [5.74, 6) is -1.34. The molecule has 148 valence electrons. The molecular formula is C21H24N2O4S. The Kier molecular flexibility index (Phi) is 7.63. The number of carbonyl (C=O) groups is 3. The number of benzene rings is 2. The number of nitrogens with zero attached hydrogens (tertiary/aromatic N) is 1. The molecule has 0 fully saturated rings. The highest BCUT2D eigenvalue weighted by Crippen LogP contribution is 2.16. The number of anilines is 1. The Morgan fingerprint density at radius 2 is 1.75 bits per heavy atom. The van der Waals surface area contributed by atoms with E-state index in [0.717, 1.165) is 16.0 Å². The number of thioether (sulfide) groups is 1. The average Bonchev–Trinajstić information content (AvgIpc) is 2.68. The fraction of sp³-hybridized carbons (Fsp3) is 0.286. The molecule has 0 saturated heterocycles. The van der Waals surface area contributed by atoms with Gasteiger partial charge in [-0.1, -0.05) is 12.1 Å². The van der Waals surface area contributed by atoms with Gasteiger partial charge in [0.15, 0.2) is 6.61 Å². The van der Waals surface area contributed by atoms with Crippen LogP contribution in [0.2, 0.25) is 0 Å². The van der Waals surface area contributed by atoms with Gasteiger partial charge in [-0.2, -0.15) is 0 Å². The van der Waals surface area contributed by atoms with Crippen LogP contribution >= 0.6 is 11.8 Å². The van der Waals surface area contributed by atoms with Gasteiger partial charge in [0.05, 0.1) is 12.1 Å². The third kappa shape index (κ3) is 6.13. The summed E-state index contributed by atoms with van der Waals surface area (Å²) < 4.78 is 5.05. The number of hydrogen-bond acceptors (Lipinski definition) is 5. The minimum absolute atomic E-state index is 0.133. The van der Waals surface area contributed by atoms with Gasteiger partial charge in [0.25, 0.3) is 5.91 Å². The molecule has 2 aromatic carbocycles. The third-order valence-electron chi connectivity index (χ3n) is 4.13. The molecule has 0 aliphatic carbocycles. The van der Waals surface area contributed by atoms with Crippen LogP contribution in [0.5, 0.6) is 0 Å². The van der Waals surface area contributed by atoms with Gasteiger partial charge in [-0.15, -0.1) is 11.8 Å². The van der Waals surface area contributed by atoms with Crippen LogP contribution in [0, 0.1) is 13.8 Å². The number of amides is 2. The monoisotopic (exact) mass is 400 g/mol. The zero-order chi connectivity index (χ0) is 20.7. The molecule has 2 aromatic rings. The maximum atomic E-state index is 12.2. The number of aryl methyl sites for hydroxylation is 2. The van der Waals surface area contributed by atoms with Crippen molar-refractivity contribution in [2.24, 2.45) is 0 Å². The van der Waals surface area contributed by atoms with Crippen LogP contribution in [-0.2, 0) is 14.3 Å².